The summed E-state index contributed by atoms with van der Waals surface area (Å²) in [6.07, 6.45) is 1.97. The van der Waals surface area contributed by atoms with Crippen molar-refractivity contribution in [2.75, 3.05) is 7.11 Å². The van der Waals surface area contributed by atoms with E-state index < -0.39 is 0 Å². The smallest absolute Gasteiger partial charge is 0.322 e. The Labute approximate surface area is 106 Å². The Bertz CT molecular complexity index is 562. The lowest BCUT2D eigenvalue weighted by Crippen LogP contribution is -2.34. The first-order valence-electron chi connectivity index (χ1n) is 5.87. The van der Waals surface area contributed by atoms with Crippen molar-refractivity contribution in [2.45, 2.75) is 26.4 Å². The fraction of sp³-hybridized carbons (Fsp3) is 0.385. The van der Waals surface area contributed by atoms with Crippen LogP contribution in [0.4, 0.5) is 0 Å². The van der Waals surface area contributed by atoms with E-state index in [1.165, 1.54) is 7.11 Å². The van der Waals surface area contributed by atoms with Crippen LogP contribution in [0.1, 0.15) is 18.3 Å². The predicted octanol–water partition coefficient (Wildman–Crippen LogP) is 1.29. The first-order chi connectivity index (χ1) is 8.63. The van der Waals surface area contributed by atoms with Crippen molar-refractivity contribution in [3.05, 3.63) is 35.8 Å². The van der Waals surface area contributed by atoms with Gasteiger partial charge in [0.1, 0.15) is 11.7 Å². The number of nitrogens with one attached hydrogen (secondary N) is 1. The van der Waals surface area contributed by atoms with Crippen molar-refractivity contribution in [1.29, 1.82) is 0 Å². The summed E-state index contributed by atoms with van der Waals surface area (Å²) in [5.74, 6) is -0.263. The summed E-state index contributed by atoms with van der Waals surface area (Å²) in [6.45, 7) is 4.32. The number of esters is 1. The average molecular weight is 247 g/mol. The molecule has 0 aliphatic carbocycles. The number of hydrogen-bond acceptors (Lipinski definition) is 4. The molecule has 1 atom stereocenters. The molecule has 5 heteroatoms. The van der Waals surface area contributed by atoms with Gasteiger partial charge in [-0.3, -0.25) is 10.1 Å². The van der Waals surface area contributed by atoms with Gasteiger partial charge < -0.3 is 9.14 Å². The summed E-state index contributed by atoms with van der Waals surface area (Å²) < 4.78 is 6.70. The lowest BCUT2D eigenvalue weighted by molar-refractivity contribution is -0.142. The highest BCUT2D eigenvalue weighted by Crippen LogP contribution is 2.11. The Balaban J connectivity index is 2.17. The SMILES string of the molecule is COC(=O)[C@H](C)NCc1c(C)nc2ccccn12. The minimum atomic E-state index is -0.330. The minimum absolute atomic E-state index is 0.263. The van der Waals surface area contributed by atoms with Gasteiger partial charge >= 0.3 is 5.97 Å². The number of ether oxygens (including phenoxy) is 1. The van der Waals surface area contributed by atoms with Crippen LogP contribution in [0.3, 0.4) is 0 Å². The molecule has 2 aromatic rings. The summed E-state index contributed by atoms with van der Waals surface area (Å²) in [4.78, 5) is 15.8. The van der Waals surface area contributed by atoms with E-state index in [-0.39, 0.29) is 12.0 Å². The van der Waals surface area contributed by atoms with Crippen LogP contribution in [-0.4, -0.2) is 28.5 Å². The van der Waals surface area contributed by atoms with E-state index in [1.807, 2.05) is 35.7 Å². The molecular formula is C13H17N3O2. The van der Waals surface area contributed by atoms with Crippen LogP contribution in [0.15, 0.2) is 24.4 Å². The summed E-state index contributed by atoms with van der Waals surface area (Å²) in [5.41, 5.74) is 2.93. The molecule has 96 valence electrons. The van der Waals surface area contributed by atoms with Crippen LogP contribution in [0.5, 0.6) is 0 Å². The number of methoxy groups -OCH3 is 1. The van der Waals surface area contributed by atoms with E-state index in [2.05, 4.69) is 15.0 Å². The number of aryl methyl sites for hydroxylation is 1. The van der Waals surface area contributed by atoms with E-state index >= 15 is 0 Å². The standard InChI is InChI=1S/C13H17N3O2/c1-9-11(8-14-10(2)13(17)18-3)16-7-5-4-6-12(16)15-9/h4-7,10,14H,8H2,1-3H3/t10-/m0/s1. The molecule has 1 N–H and O–H groups in total. The molecular weight excluding hydrogens is 230 g/mol. The molecule has 0 amide bonds. The second-order valence-corrected chi connectivity index (χ2v) is 4.20. The molecule has 2 aromatic heterocycles. The van der Waals surface area contributed by atoms with Gasteiger partial charge in [-0.15, -0.1) is 0 Å². The molecule has 0 radical (unpaired) electrons. The highest BCUT2D eigenvalue weighted by molar-refractivity contribution is 5.75. The Morgan fingerprint density at radius 2 is 2.33 bits per heavy atom. The number of nitrogens with zero attached hydrogens (tertiary/aromatic N) is 2. The van der Waals surface area contributed by atoms with E-state index in [0.29, 0.717) is 6.54 Å². The molecule has 5 nitrogen and oxygen atoms in total. The Kier molecular flexibility index (Phi) is 3.62. The fourth-order valence-electron chi connectivity index (χ4n) is 1.89. The molecule has 0 aliphatic heterocycles. The second-order valence-electron chi connectivity index (χ2n) is 4.20. The van der Waals surface area contributed by atoms with Crippen LogP contribution < -0.4 is 5.32 Å². The predicted molar refractivity (Wildman–Crippen MR) is 68.2 cm³/mol. The van der Waals surface area contributed by atoms with Gasteiger partial charge in [0.2, 0.25) is 0 Å². The third-order valence-corrected chi connectivity index (χ3v) is 2.96. The van der Waals surface area contributed by atoms with E-state index in [0.717, 1.165) is 17.0 Å². The number of pyridine rings is 1. The number of hydrogen-bond donors (Lipinski definition) is 1. The van der Waals surface area contributed by atoms with Gasteiger partial charge in [0.05, 0.1) is 18.5 Å². The second kappa shape index (κ2) is 5.18. The molecule has 0 saturated heterocycles. The molecule has 0 fully saturated rings. The van der Waals surface area contributed by atoms with Crippen LogP contribution in [0, 0.1) is 6.92 Å². The number of rotatable bonds is 4. The largest absolute Gasteiger partial charge is 0.468 e. The highest BCUT2D eigenvalue weighted by atomic mass is 16.5. The number of fused-ring (bicyclic) bond motifs is 1. The van der Waals surface area contributed by atoms with Gasteiger partial charge in [0, 0.05) is 12.7 Å². The van der Waals surface area contributed by atoms with Gasteiger partial charge in [-0.05, 0) is 26.0 Å². The van der Waals surface area contributed by atoms with Crippen molar-refractivity contribution < 1.29 is 9.53 Å². The van der Waals surface area contributed by atoms with Gasteiger partial charge in [0.25, 0.3) is 0 Å². The zero-order valence-electron chi connectivity index (χ0n) is 10.8. The van der Waals surface area contributed by atoms with Crippen LogP contribution in [0.2, 0.25) is 0 Å². The molecule has 0 unspecified atom stereocenters. The molecule has 0 aliphatic rings. The monoisotopic (exact) mass is 247 g/mol. The molecule has 2 rings (SSSR count). The molecule has 0 aromatic carbocycles. The first kappa shape index (κ1) is 12.6. The first-order valence-corrected chi connectivity index (χ1v) is 5.87. The average Bonchev–Trinajstić information content (AvgIpc) is 2.70. The molecule has 0 spiro atoms. The van der Waals surface area contributed by atoms with E-state index in [9.17, 15) is 4.79 Å². The highest BCUT2D eigenvalue weighted by Gasteiger charge is 2.14. The van der Waals surface area contributed by atoms with E-state index in [4.69, 9.17) is 0 Å². The zero-order chi connectivity index (χ0) is 13.1. The Hall–Kier alpha value is -1.88. The van der Waals surface area contributed by atoms with Crippen LogP contribution >= 0.6 is 0 Å². The molecule has 2 heterocycles. The van der Waals surface area contributed by atoms with Gasteiger partial charge in [0.15, 0.2) is 0 Å². The third kappa shape index (κ3) is 2.36. The Morgan fingerprint density at radius 1 is 1.56 bits per heavy atom. The van der Waals surface area contributed by atoms with Crippen LogP contribution in [-0.2, 0) is 16.1 Å². The molecule has 18 heavy (non-hydrogen) atoms. The zero-order valence-corrected chi connectivity index (χ0v) is 10.8. The quantitative estimate of drug-likeness (QED) is 0.827. The summed E-state index contributed by atoms with van der Waals surface area (Å²) in [5, 5.41) is 3.13. The lowest BCUT2D eigenvalue weighted by Gasteiger charge is -2.11. The fourth-order valence-corrected chi connectivity index (χ4v) is 1.89. The summed E-state index contributed by atoms with van der Waals surface area (Å²) in [7, 11) is 1.39. The maximum Gasteiger partial charge on any atom is 0.322 e. The summed E-state index contributed by atoms with van der Waals surface area (Å²) in [6, 6.07) is 5.54. The number of carbonyl (C=O) groups is 1. The van der Waals surface area contributed by atoms with Crippen LogP contribution in [0.25, 0.3) is 5.65 Å². The van der Waals surface area contributed by atoms with Crippen molar-refractivity contribution in [3.8, 4) is 0 Å². The topological polar surface area (TPSA) is 55.6 Å². The van der Waals surface area contributed by atoms with Crippen molar-refractivity contribution in [3.63, 3.8) is 0 Å². The summed E-state index contributed by atoms with van der Waals surface area (Å²) >= 11 is 0. The number of carbonyl (C=O) groups excluding carboxylic acids is 1. The maximum absolute atomic E-state index is 11.3. The maximum atomic E-state index is 11.3. The van der Waals surface area contributed by atoms with Crippen molar-refractivity contribution in [2.24, 2.45) is 0 Å². The molecule has 0 saturated carbocycles. The van der Waals surface area contributed by atoms with Gasteiger partial charge in [-0.25, -0.2) is 4.98 Å². The van der Waals surface area contributed by atoms with Gasteiger partial charge in [-0.1, -0.05) is 6.07 Å². The number of aromatic nitrogens is 2. The lowest BCUT2D eigenvalue weighted by atomic mass is 10.3. The van der Waals surface area contributed by atoms with Crippen molar-refractivity contribution >= 4 is 11.6 Å². The van der Waals surface area contributed by atoms with Gasteiger partial charge in [-0.2, -0.15) is 0 Å². The van der Waals surface area contributed by atoms with Crippen molar-refractivity contribution in [1.82, 2.24) is 14.7 Å². The Morgan fingerprint density at radius 3 is 3.06 bits per heavy atom. The normalized spacial score (nSPS) is 12.6. The minimum Gasteiger partial charge on any atom is -0.468 e. The van der Waals surface area contributed by atoms with E-state index in [1.54, 1.807) is 6.92 Å². The number of imidazole rings is 1. The third-order valence-electron chi connectivity index (χ3n) is 2.96. The molecule has 0 bridgehead atoms.